The van der Waals surface area contributed by atoms with E-state index in [-0.39, 0.29) is 5.91 Å². The molecule has 0 unspecified atom stereocenters. The van der Waals surface area contributed by atoms with Gasteiger partial charge >= 0.3 is 6.18 Å². The summed E-state index contributed by atoms with van der Waals surface area (Å²) in [4.78, 5) is 22.3. The fourth-order valence-electron chi connectivity index (χ4n) is 4.68. The Morgan fingerprint density at radius 2 is 1.84 bits per heavy atom. The topological polar surface area (TPSA) is 41.4 Å². The Hall–Kier alpha value is -1.62. The molecule has 1 aromatic heterocycles. The predicted octanol–water partition coefficient (Wildman–Crippen LogP) is 4.89. The quantitative estimate of drug-likeness (QED) is 0.513. The lowest BCUT2D eigenvalue weighted by Crippen LogP contribution is -2.46. The van der Waals surface area contributed by atoms with Gasteiger partial charge in [0, 0.05) is 31.2 Å². The van der Waals surface area contributed by atoms with Crippen LogP contribution >= 0.6 is 22.6 Å². The molecule has 3 heterocycles. The van der Waals surface area contributed by atoms with Crippen LogP contribution in [0.4, 0.5) is 13.2 Å². The third-order valence-electron chi connectivity index (χ3n) is 6.30. The third kappa shape index (κ3) is 4.62. The van der Waals surface area contributed by atoms with Crippen LogP contribution in [0.2, 0.25) is 0 Å². The number of hydrogen-bond acceptors (Lipinski definition) is 3. The van der Waals surface area contributed by atoms with Crippen LogP contribution in [-0.4, -0.2) is 57.5 Å². The molecule has 9 heteroatoms. The summed E-state index contributed by atoms with van der Waals surface area (Å²) in [7, 11) is 0. The monoisotopic (exact) mass is 546 g/mol. The summed E-state index contributed by atoms with van der Waals surface area (Å²) in [6, 6.07) is 5.67. The van der Waals surface area contributed by atoms with Crippen molar-refractivity contribution in [2.45, 2.75) is 51.4 Å². The highest BCUT2D eigenvalue weighted by Gasteiger charge is 2.33. The summed E-state index contributed by atoms with van der Waals surface area (Å²) in [5.41, 5.74) is 0.110. The molecule has 0 radical (unpaired) electrons. The number of amides is 1. The molecule has 0 atom stereocenters. The van der Waals surface area contributed by atoms with E-state index in [0.717, 1.165) is 38.1 Å². The van der Waals surface area contributed by atoms with Crippen molar-refractivity contribution in [2.75, 3.05) is 26.2 Å². The van der Waals surface area contributed by atoms with E-state index < -0.39 is 11.7 Å². The van der Waals surface area contributed by atoms with E-state index in [4.69, 9.17) is 0 Å². The highest BCUT2D eigenvalue weighted by Crippen LogP contribution is 2.33. The number of alkyl halides is 3. The van der Waals surface area contributed by atoms with Gasteiger partial charge in [-0.3, -0.25) is 4.79 Å². The van der Waals surface area contributed by atoms with Crippen molar-refractivity contribution in [1.29, 1.82) is 0 Å². The van der Waals surface area contributed by atoms with Gasteiger partial charge in [0.15, 0.2) is 0 Å². The summed E-state index contributed by atoms with van der Waals surface area (Å²) in [5.74, 6) is 0.310. The Morgan fingerprint density at radius 1 is 1.16 bits per heavy atom. The molecule has 0 bridgehead atoms. The number of aromatic nitrogens is 2. The van der Waals surface area contributed by atoms with Gasteiger partial charge in [0.05, 0.1) is 5.56 Å². The molecule has 0 spiro atoms. The summed E-state index contributed by atoms with van der Waals surface area (Å²) >= 11 is 2.02. The van der Waals surface area contributed by atoms with Gasteiger partial charge in [-0.2, -0.15) is 13.2 Å². The lowest BCUT2D eigenvalue weighted by atomic mass is 10.0. The number of carbonyl (C=O) groups excluding carboxylic acids is 1. The summed E-state index contributed by atoms with van der Waals surface area (Å²) in [6.45, 7) is 6.03. The number of piperidine rings is 1. The smallest absolute Gasteiger partial charge is 0.337 e. The first-order valence-electron chi connectivity index (χ1n) is 10.8. The molecule has 0 N–H and O–H groups in total. The normalized spacial score (nSPS) is 18.7. The number of nitrogens with zero attached hydrogens (tertiary/aromatic N) is 4. The first-order valence-corrected chi connectivity index (χ1v) is 11.8. The van der Waals surface area contributed by atoms with Crippen LogP contribution < -0.4 is 0 Å². The van der Waals surface area contributed by atoms with Gasteiger partial charge in [0.1, 0.15) is 15.2 Å². The largest absolute Gasteiger partial charge is 0.416 e. The van der Waals surface area contributed by atoms with Crippen LogP contribution in [0.1, 0.15) is 48.7 Å². The Bertz CT molecular complexity index is 945. The molecule has 2 aliphatic rings. The summed E-state index contributed by atoms with van der Waals surface area (Å²) in [5, 5.41) is 0. The second-order valence-corrected chi connectivity index (χ2v) is 9.19. The molecule has 168 valence electrons. The van der Waals surface area contributed by atoms with Crippen LogP contribution in [0.3, 0.4) is 0 Å². The average Bonchev–Trinajstić information content (AvgIpc) is 3.41. The number of halogens is 4. The van der Waals surface area contributed by atoms with E-state index in [9.17, 15) is 18.0 Å². The van der Waals surface area contributed by atoms with Crippen molar-refractivity contribution in [3.63, 3.8) is 0 Å². The minimum atomic E-state index is -4.43. The number of imidazole rings is 1. The molecule has 0 aliphatic carbocycles. The first-order chi connectivity index (χ1) is 14.8. The minimum absolute atomic E-state index is 0.0863. The molecular weight excluding hydrogens is 520 g/mol. The Morgan fingerprint density at radius 3 is 2.45 bits per heavy atom. The van der Waals surface area contributed by atoms with E-state index in [0.29, 0.717) is 46.5 Å². The molecule has 4 rings (SSSR count). The molecule has 2 saturated heterocycles. The molecule has 31 heavy (non-hydrogen) atoms. The maximum absolute atomic E-state index is 13.4. The SMILES string of the molecule is CCn1c(-c2cccc(C(F)(F)F)c2)nc(I)c1C(=O)N1CCC(N2CCCC2)CC1. The van der Waals surface area contributed by atoms with Gasteiger partial charge in [-0.25, -0.2) is 4.98 Å². The number of rotatable bonds is 4. The van der Waals surface area contributed by atoms with E-state index in [1.807, 2.05) is 34.4 Å². The van der Waals surface area contributed by atoms with Gasteiger partial charge in [-0.05, 0) is 80.4 Å². The molecule has 2 fully saturated rings. The maximum atomic E-state index is 13.4. The molecule has 5 nitrogen and oxygen atoms in total. The molecule has 0 saturated carbocycles. The second-order valence-electron chi connectivity index (χ2n) is 8.16. The number of likely N-dealkylation sites (tertiary alicyclic amines) is 2. The van der Waals surface area contributed by atoms with Gasteiger partial charge < -0.3 is 14.4 Å². The summed E-state index contributed by atoms with van der Waals surface area (Å²) in [6.07, 6.45) is 0.00788. The van der Waals surface area contributed by atoms with E-state index in [2.05, 4.69) is 9.88 Å². The standard InChI is InChI=1S/C22H26F3IN4O/c1-2-30-18(21(31)29-12-8-17(9-13-29)28-10-3-4-11-28)19(26)27-20(30)15-6-5-7-16(14-15)22(23,24)25/h5-7,14,17H,2-4,8-13H2,1H3. The zero-order chi connectivity index (χ0) is 22.2. The summed E-state index contributed by atoms with van der Waals surface area (Å²) < 4.78 is 41.8. The molecule has 1 aromatic carbocycles. The van der Waals surface area contributed by atoms with Crippen molar-refractivity contribution in [3.8, 4) is 11.4 Å². The Kier molecular flexibility index (Phi) is 6.62. The maximum Gasteiger partial charge on any atom is 0.416 e. The minimum Gasteiger partial charge on any atom is -0.337 e. The van der Waals surface area contributed by atoms with Gasteiger partial charge in [0.2, 0.25) is 0 Å². The second kappa shape index (κ2) is 9.09. The van der Waals surface area contributed by atoms with Gasteiger partial charge in [-0.1, -0.05) is 12.1 Å². The first kappa shape index (κ1) is 22.6. The Labute approximate surface area is 193 Å². The zero-order valence-corrected chi connectivity index (χ0v) is 19.6. The van der Waals surface area contributed by atoms with E-state index in [1.54, 1.807) is 10.6 Å². The number of hydrogen-bond donors (Lipinski definition) is 0. The number of carbonyl (C=O) groups is 1. The van der Waals surface area contributed by atoms with Crippen LogP contribution in [0.15, 0.2) is 24.3 Å². The van der Waals surface area contributed by atoms with E-state index in [1.165, 1.54) is 18.9 Å². The average molecular weight is 546 g/mol. The van der Waals surface area contributed by atoms with E-state index >= 15 is 0 Å². The highest BCUT2D eigenvalue weighted by molar-refractivity contribution is 14.1. The van der Waals surface area contributed by atoms with Crippen molar-refractivity contribution in [1.82, 2.24) is 19.4 Å². The van der Waals surface area contributed by atoms with Crippen molar-refractivity contribution in [3.05, 3.63) is 39.2 Å². The third-order valence-corrected chi connectivity index (χ3v) is 7.05. The van der Waals surface area contributed by atoms with Crippen molar-refractivity contribution < 1.29 is 18.0 Å². The van der Waals surface area contributed by atoms with Crippen LogP contribution in [0.5, 0.6) is 0 Å². The molecule has 1 amide bonds. The van der Waals surface area contributed by atoms with Gasteiger partial charge in [-0.15, -0.1) is 0 Å². The zero-order valence-electron chi connectivity index (χ0n) is 17.5. The molecule has 2 aromatic rings. The fourth-order valence-corrected chi connectivity index (χ4v) is 5.43. The molecule has 2 aliphatic heterocycles. The van der Waals surface area contributed by atoms with Crippen LogP contribution in [-0.2, 0) is 12.7 Å². The molecular formula is C22H26F3IN4O. The lowest BCUT2D eigenvalue weighted by molar-refractivity contribution is -0.137. The van der Waals surface area contributed by atoms with Gasteiger partial charge in [0.25, 0.3) is 5.91 Å². The Balaban J connectivity index is 1.57. The highest BCUT2D eigenvalue weighted by atomic mass is 127. The number of benzene rings is 1. The lowest BCUT2D eigenvalue weighted by Gasteiger charge is -2.36. The fraction of sp³-hybridized carbons (Fsp3) is 0.545. The van der Waals surface area contributed by atoms with Crippen molar-refractivity contribution >= 4 is 28.5 Å². The van der Waals surface area contributed by atoms with Crippen molar-refractivity contribution in [2.24, 2.45) is 0 Å². The predicted molar refractivity (Wildman–Crippen MR) is 121 cm³/mol. The van der Waals surface area contributed by atoms with Crippen LogP contribution in [0, 0.1) is 3.70 Å². The van der Waals surface area contributed by atoms with Crippen LogP contribution in [0.25, 0.3) is 11.4 Å².